The number of anilines is 1. The zero-order valence-electron chi connectivity index (χ0n) is 11.1. The Kier molecular flexibility index (Phi) is 5.14. The van der Waals surface area contributed by atoms with E-state index in [9.17, 15) is 5.11 Å². The first kappa shape index (κ1) is 14.1. The number of rotatable bonds is 8. The molecule has 0 amide bonds. The third-order valence-electron chi connectivity index (χ3n) is 2.69. The number of allylic oxidation sites excluding steroid dienone is 1. The van der Waals surface area contributed by atoms with Gasteiger partial charge in [0.2, 0.25) is 5.95 Å². The van der Waals surface area contributed by atoms with Crippen LogP contribution in [0.3, 0.4) is 0 Å². The van der Waals surface area contributed by atoms with Crippen molar-refractivity contribution in [3.8, 4) is 5.75 Å². The van der Waals surface area contributed by atoms with Crippen LogP contribution in [0.2, 0.25) is 0 Å². The van der Waals surface area contributed by atoms with E-state index in [0.717, 1.165) is 17.7 Å². The van der Waals surface area contributed by atoms with Crippen molar-refractivity contribution >= 4 is 5.95 Å². The molecule has 1 aromatic carbocycles. The monoisotopic (exact) mass is 274 g/mol. The van der Waals surface area contributed by atoms with Crippen LogP contribution in [-0.4, -0.2) is 39.5 Å². The van der Waals surface area contributed by atoms with Crippen molar-refractivity contribution in [2.45, 2.75) is 12.5 Å². The highest BCUT2D eigenvalue weighted by Gasteiger charge is 2.08. The number of aliphatic hydroxyl groups excluding tert-OH is 1. The maximum Gasteiger partial charge on any atom is 0.218 e. The number of ether oxygens (including phenoxy) is 1. The fraction of sp³-hybridized carbons (Fsp3) is 0.286. The number of hydrogen-bond donors (Lipinski definition) is 3. The Bertz CT molecular complexity index is 528. The van der Waals surface area contributed by atoms with Gasteiger partial charge in [-0.1, -0.05) is 24.3 Å². The maximum atomic E-state index is 9.86. The van der Waals surface area contributed by atoms with Crippen molar-refractivity contribution < 1.29 is 9.84 Å². The largest absolute Gasteiger partial charge is 0.491 e. The van der Waals surface area contributed by atoms with Gasteiger partial charge in [-0.25, -0.2) is 10.1 Å². The lowest BCUT2D eigenvalue weighted by Crippen LogP contribution is -2.26. The van der Waals surface area contributed by atoms with Crippen LogP contribution in [0.5, 0.6) is 5.75 Å². The van der Waals surface area contributed by atoms with E-state index < -0.39 is 6.10 Å². The highest BCUT2D eigenvalue weighted by atomic mass is 16.5. The number of benzene rings is 1. The zero-order valence-corrected chi connectivity index (χ0v) is 11.1. The molecule has 0 spiro atoms. The molecule has 1 heterocycles. The first-order chi connectivity index (χ1) is 9.79. The SMILES string of the molecule is C=CCc1ccccc1OCC(O)CNc1ncn[nH]1. The van der Waals surface area contributed by atoms with Crippen LogP contribution in [0.15, 0.2) is 43.2 Å². The van der Waals surface area contributed by atoms with Crippen LogP contribution in [-0.2, 0) is 6.42 Å². The summed E-state index contributed by atoms with van der Waals surface area (Å²) in [4.78, 5) is 3.90. The van der Waals surface area contributed by atoms with Gasteiger partial charge in [0.25, 0.3) is 0 Å². The number of aromatic amines is 1. The highest BCUT2D eigenvalue weighted by molar-refractivity contribution is 5.34. The number of nitrogens with zero attached hydrogens (tertiary/aromatic N) is 2. The maximum absolute atomic E-state index is 9.86. The molecule has 1 atom stereocenters. The minimum Gasteiger partial charge on any atom is -0.491 e. The number of aromatic nitrogens is 3. The summed E-state index contributed by atoms with van der Waals surface area (Å²) in [5.41, 5.74) is 1.05. The van der Waals surface area contributed by atoms with E-state index in [0.29, 0.717) is 12.5 Å². The number of nitrogens with one attached hydrogen (secondary N) is 2. The van der Waals surface area contributed by atoms with E-state index in [1.165, 1.54) is 6.33 Å². The van der Waals surface area contributed by atoms with Crippen molar-refractivity contribution in [3.05, 3.63) is 48.8 Å². The van der Waals surface area contributed by atoms with Gasteiger partial charge in [-0.3, -0.25) is 0 Å². The Labute approximate surface area is 117 Å². The average molecular weight is 274 g/mol. The summed E-state index contributed by atoms with van der Waals surface area (Å²) in [7, 11) is 0. The molecule has 1 aromatic heterocycles. The Hall–Kier alpha value is -2.34. The minimum absolute atomic E-state index is 0.204. The molecule has 0 radical (unpaired) electrons. The van der Waals surface area contributed by atoms with Crippen molar-refractivity contribution in [1.82, 2.24) is 15.2 Å². The molecule has 0 aliphatic carbocycles. The Morgan fingerprint density at radius 3 is 3.05 bits per heavy atom. The van der Waals surface area contributed by atoms with Crippen LogP contribution < -0.4 is 10.1 Å². The zero-order chi connectivity index (χ0) is 14.2. The van der Waals surface area contributed by atoms with Gasteiger partial charge < -0.3 is 15.2 Å². The molecule has 2 aromatic rings. The second kappa shape index (κ2) is 7.30. The first-order valence-corrected chi connectivity index (χ1v) is 6.38. The fourth-order valence-corrected chi connectivity index (χ4v) is 1.72. The second-order valence-corrected chi connectivity index (χ2v) is 4.28. The molecule has 20 heavy (non-hydrogen) atoms. The highest BCUT2D eigenvalue weighted by Crippen LogP contribution is 2.18. The van der Waals surface area contributed by atoms with Crippen LogP contribution in [0, 0.1) is 0 Å². The van der Waals surface area contributed by atoms with E-state index >= 15 is 0 Å². The van der Waals surface area contributed by atoms with Crippen LogP contribution in [0.1, 0.15) is 5.56 Å². The normalized spacial score (nSPS) is 11.8. The summed E-state index contributed by atoms with van der Waals surface area (Å²) in [6.07, 6.45) is 3.32. The second-order valence-electron chi connectivity index (χ2n) is 4.28. The molecule has 6 nitrogen and oxygen atoms in total. The smallest absolute Gasteiger partial charge is 0.218 e. The molecule has 6 heteroatoms. The number of aliphatic hydroxyl groups is 1. The number of para-hydroxylation sites is 1. The molecular weight excluding hydrogens is 256 g/mol. The van der Waals surface area contributed by atoms with Gasteiger partial charge in [-0.2, -0.15) is 5.10 Å². The Morgan fingerprint density at radius 2 is 2.30 bits per heavy atom. The predicted molar refractivity (Wildman–Crippen MR) is 76.7 cm³/mol. The molecule has 0 saturated heterocycles. The van der Waals surface area contributed by atoms with Crippen molar-refractivity contribution in [2.75, 3.05) is 18.5 Å². The summed E-state index contributed by atoms with van der Waals surface area (Å²) in [5.74, 6) is 1.29. The summed E-state index contributed by atoms with van der Waals surface area (Å²) >= 11 is 0. The topological polar surface area (TPSA) is 83.1 Å². The lowest BCUT2D eigenvalue weighted by Gasteiger charge is -2.14. The first-order valence-electron chi connectivity index (χ1n) is 6.38. The molecule has 106 valence electrons. The fourth-order valence-electron chi connectivity index (χ4n) is 1.72. The third kappa shape index (κ3) is 4.10. The third-order valence-corrected chi connectivity index (χ3v) is 2.69. The molecule has 3 N–H and O–H groups in total. The lowest BCUT2D eigenvalue weighted by atomic mass is 10.1. The molecular formula is C14H18N4O2. The van der Waals surface area contributed by atoms with E-state index in [-0.39, 0.29) is 6.61 Å². The van der Waals surface area contributed by atoms with Crippen molar-refractivity contribution in [3.63, 3.8) is 0 Å². The van der Waals surface area contributed by atoms with Gasteiger partial charge >= 0.3 is 0 Å². The van der Waals surface area contributed by atoms with E-state index in [2.05, 4.69) is 27.1 Å². The molecule has 0 fully saturated rings. The Balaban J connectivity index is 1.80. The molecule has 1 unspecified atom stereocenters. The minimum atomic E-state index is -0.642. The quantitative estimate of drug-likeness (QED) is 0.633. The summed E-state index contributed by atoms with van der Waals surface area (Å²) < 4.78 is 5.64. The number of H-pyrrole nitrogens is 1. The van der Waals surface area contributed by atoms with Crippen molar-refractivity contribution in [2.24, 2.45) is 0 Å². The van der Waals surface area contributed by atoms with Gasteiger partial charge in [-0.15, -0.1) is 6.58 Å². The average Bonchev–Trinajstić information content (AvgIpc) is 2.98. The van der Waals surface area contributed by atoms with Gasteiger partial charge in [0.1, 0.15) is 24.8 Å². The van der Waals surface area contributed by atoms with E-state index in [1.807, 2.05) is 30.3 Å². The van der Waals surface area contributed by atoms with Gasteiger partial charge in [0.05, 0.1) is 0 Å². The van der Waals surface area contributed by atoms with E-state index in [1.54, 1.807) is 0 Å². The van der Waals surface area contributed by atoms with Crippen LogP contribution in [0.25, 0.3) is 0 Å². The summed E-state index contributed by atoms with van der Waals surface area (Å²) in [6, 6.07) is 7.72. The van der Waals surface area contributed by atoms with Crippen LogP contribution >= 0.6 is 0 Å². The number of hydrogen-bond acceptors (Lipinski definition) is 5. The van der Waals surface area contributed by atoms with Gasteiger partial charge in [0.15, 0.2) is 0 Å². The molecule has 2 rings (SSSR count). The summed E-state index contributed by atoms with van der Waals surface area (Å²) in [6.45, 7) is 4.25. The Morgan fingerprint density at radius 1 is 1.45 bits per heavy atom. The van der Waals surface area contributed by atoms with Crippen LogP contribution in [0.4, 0.5) is 5.95 Å². The molecule has 0 bridgehead atoms. The molecule has 0 aliphatic heterocycles. The predicted octanol–water partition coefficient (Wildman–Crippen LogP) is 1.38. The van der Waals surface area contributed by atoms with Gasteiger partial charge in [0, 0.05) is 6.54 Å². The molecule has 0 saturated carbocycles. The summed E-state index contributed by atoms with van der Waals surface area (Å²) in [5, 5.41) is 19.1. The van der Waals surface area contributed by atoms with Crippen molar-refractivity contribution in [1.29, 1.82) is 0 Å². The molecule has 0 aliphatic rings. The van der Waals surface area contributed by atoms with E-state index in [4.69, 9.17) is 4.74 Å². The van der Waals surface area contributed by atoms with Gasteiger partial charge in [-0.05, 0) is 18.1 Å². The standard InChI is InChI=1S/C14H18N4O2/c1-2-5-11-6-3-4-7-13(11)20-9-12(19)8-15-14-16-10-17-18-14/h2-4,6-7,10,12,19H,1,5,8-9H2,(H2,15,16,17,18). The lowest BCUT2D eigenvalue weighted by molar-refractivity contribution is 0.117.